The summed E-state index contributed by atoms with van der Waals surface area (Å²) in [5.74, 6) is -8.22. The van der Waals surface area contributed by atoms with E-state index in [0.717, 1.165) is 5.56 Å². The van der Waals surface area contributed by atoms with E-state index in [9.17, 15) is 33.9 Å². The van der Waals surface area contributed by atoms with Gasteiger partial charge in [0.05, 0.1) is 25.2 Å². The van der Waals surface area contributed by atoms with Crippen LogP contribution in [0.1, 0.15) is 30.5 Å². The number of nitrogens with zero attached hydrogens (tertiary/aromatic N) is 1. The first-order valence-corrected chi connectivity index (χ1v) is 15.7. The van der Waals surface area contributed by atoms with Crippen LogP contribution in [0, 0.1) is 11.3 Å². The van der Waals surface area contributed by atoms with Gasteiger partial charge in [-0.1, -0.05) is 86.6 Å². The third-order valence-electron chi connectivity index (χ3n) is 8.63. The normalized spacial score (nSPS) is 14.8. The van der Waals surface area contributed by atoms with E-state index in [-0.39, 0.29) is 24.2 Å². The zero-order chi connectivity index (χ0) is 36.4. The summed E-state index contributed by atoms with van der Waals surface area (Å²) in [5, 5.41) is 10.9. The summed E-state index contributed by atoms with van der Waals surface area (Å²) in [6.45, 7) is 0.903. The van der Waals surface area contributed by atoms with Gasteiger partial charge in [-0.3, -0.25) is 28.9 Å². The van der Waals surface area contributed by atoms with Crippen molar-refractivity contribution < 1.29 is 38.6 Å². The largest absolute Gasteiger partial charge is 0.489 e. The lowest BCUT2D eigenvalue weighted by Gasteiger charge is -2.51. The van der Waals surface area contributed by atoms with Gasteiger partial charge in [0.2, 0.25) is 17.9 Å². The maximum atomic E-state index is 14.6. The average molecular weight is 674 g/mol. The van der Waals surface area contributed by atoms with Crippen LogP contribution in [0.2, 0.25) is 0 Å². The number of benzene rings is 3. The molecule has 0 aliphatic rings. The first-order chi connectivity index (χ1) is 23.3. The van der Waals surface area contributed by atoms with E-state index in [1.165, 1.54) is 13.8 Å². The van der Waals surface area contributed by atoms with Crippen LogP contribution in [0.3, 0.4) is 0 Å². The van der Waals surface area contributed by atoms with Crippen molar-refractivity contribution in [2.75, 3.05) is 13.1 Å². The van der Waals surface area contributed by atoms with E-state index in [0.29, 0.717) is 23.5 Å². The number of ether oxygens (including phenoxy) is 1. The van der Waals surface area contributed by atoms with Crippen LogP contribution in [-0.4, -0.2) is 76.4 Å². The zero-order valence-electron chi connectivity index (χ0n) is 27.5. The number of imide groups is 1. The Bertz CT molecular complexity index is 1630. The molecule has 0 fully saturated rings. The molecule has 0 heterocycles. The Morgan fingerprint density at radius 3 is 1.71 bits per heavy atom. The number of hydrogen-bond donors (Lipinski definition) is 5. The minimum Gasteiger partial charge on any atom is -0.489 e. The van der Waals surface area contributed by atoms with E-state index < -0.39 is 71.3 Å². The number of Topliss-reactive ketones (excluding diaryl/α,β-unsaturated/α-hetero) is 3. The van der Waals surface area contributed by atoms with E-state index in [1.807, 2.05) is 30.3 Å². The summed E-state index contributed by atoms with van der Waals surface area (Å²) in [6, 6.07) is 21.2. The molecule has 13 heteroatoms. The van der Waals surface area contributed by atoms with E-state index in [2.05, 4.69) is 0 Å². The molecule has 3 aromatic carbocycles. The molecule has 3 aromatic rings. The molecule has 0 saturated heterocycles. The standard InChI is InChI=1S/C36H43N5O8/c1-23(2)35(30(43)19-37,32(45)28(39)17-25-13-15-27(16-14-25)49-21-26-11-7-4-8-12-26)36(34(47)48,31(44)20-38)41(22-42)33(46)29(40)18-24-9-5-3-6-10-24/h3-16,22-23,28-29H,17-21,37-40H2,1-2H3,(H,47,48). The summed E-state index contributed by atoms with van der Waals surface area (Å²) < 4.78 is 5.81. The molecular formula is C36H43N5O8. The fraction of sp³-hybridized carbons (Fsp3) is 0.333. The summed E-state index contributed by atoms with van der Waals surface area (Å²) in [4.78, 5) is 82.8. The average Bonchev–Trinajstić information content (AvgIpc) is 3.10. The lowest BCUT2D eigenvalue weighted by Crippen LogP contribution is -2.79. The zero-order valence-corrected chi connectivity index (χ0v) is 27.5. The third-order valence-corrected chi connectivity index (χ3v) is 8.63. The minimum atomic E-state index is -3.48. The molecule has 260 valence electrons. The van der Waals surface area contributed by atoms with Gasteiger partial charge in [0.1, 0.15) is 17.8 Å². The fourth-order valence-electron chi connectivity index (χ4n) is 6.32. The number of carboxylic acids is 1. The maximum Gasteiger partial charge on any atom is 0.339 e. The Morgan fingerprint density at radius 1 is 0.755 bits per heavy atom. The molecule has 0 saturated carbocycles. The van der Waals surface area contributed by atoms with Gasteiger partial charge in [0.25, 0.3) is 0 Å². The van der Waals surface area contributed by atoms with E-state index >= 15 is 0 Å². The van der Waals surface area contributed by atoms with Gasteiger partial charge >= 0.3 is 5.97 Å². The highest BCUT2D eigenvalue weighted by atomic mass is 16.5. The monoisotopic (exact) mass is 673 g/mol. The van der Waals surface area contributed by atoms with E-state index in [1.54, 1.807) is 54.6 Å². The predicted octanol–water partition coefficient (Wildman–Crippen LogP) is 0.781. The van der Waals surface area contributed by atoms with Gasteiger partial charge < -0.3 is 32.8 Å². The highest BCUT2D eigenvalue weighted by molar-refractivity contribution is 6.26. The van der Waals surface area contributed by atoms with Crippen molar-refractivity contribution in [3.05, 3.63) is 102 Å². The SMILES string of the molecule is CC(C)C(C(=O)CN)(C(=O)C(N)Cc1ccc(OCc2ccccc2)cc1)C(C(=O)O)(C(=O)CN)N(C=O)C(=O)C(N)Cc1ccccc1. The van der Waals surface area contributed by atoms with Crippen molar-refractivity contribution in [3.8, 4) is 5.75 Å². The van der Waals surface area contributed by atoms with Gasteiger partial charge in [-0.15, -0.1) is 0 Å². The number of nitrogens with two attached hydrogens (primary N) is 4. The number of hydrogen-bond acceptors (Lipinski definition) is 11. The second kappa shape index (κ2) is 16.8. The Morgan fingerprint density at radius 2 is 1.24 bits per heavy atom. The molecule has 4 atom stereocenters. The van der Waals surface area contributed by atoms with Gasteiger partial charge in [0.15, 0.2) is 17.3 Å². The number of aliphatic carboxylic acids is 1. The number of rotatable bonds is 19. The first kappa shape index (κ1) is 38.4. The van der Waals surface area contributed by atoms with Crippen molar-refractivity contribution in [3.63, 3.8) is 0 Å². The molecule has 9 N–H and O–H groups in total. The number of carbonyl (C=O) groups is 6. The van der Waals surface area contributed by atoms with E-state index in [4.69, 9.17) is 27.7 Å². The van der Waals surface area contributed by atoms with Crippen LogP contribution in [0.15, 0.2) is 84.9 Å². The Labute approximate surface area is 284 Å². The second-order valence-electron chi connectivity index (χ2n) is 11.9. The lowest BCUT2D eigenvalue weighted by atomic mass is 9.54. The fourth-order valence-corrected chi connectivity index (χ4v) is 6.32. The van der Waals surface area contributed by atoms with Crippen LogP contribution in [-0.2, 0) is 48.2 Å². The van der Waals surface area contributed by atoms with Crippen LogP contribution in [0.5, 0.6) is 5.75 Å². The number of carbonyl (C=O) groups excluding carboxylic acids is 5. The molecule has 0 aromatic heterocycles. The molecule has 3 rings (SSSR count). The van der Waals surface area contributed by atoms with Crippen LogP contribution in [0.25, 0.3) is 0 Å². The Kier molecular flexibility index (Phi) is 13.2. The summed E-state index contributed by atoms with van der Waals surface area (Å²) in [7, 11) is 0. The summed E-state index contributed by atoms with van der Waals surface area (Å²) >= 11 is 0. The minimum absolute atomic E-state index is 0.0230. The summed E-state index contributed by atoms with van der Waals surface area (Å²) in [5.41, 5.74) is 19.7. The molecular weight excluding hydrogens is 630 g/mol. The van der Waals surface area contributed by atoms with Crippen molar-refractivity contribution in [2.24, 2.45) is 34.3 Å². The van der Waals surface area contributed by atoms with Crippen molar-refractivity contribution in [1.82, 2.24) is 4.90 Å². The molecule has 2 amide bonds. The molecule has 0 aliphatic heterocycles. The molecule has 4 unspecified atom stereocenters. The maximum absolute atomic E-state index is 14.6. The smallest absolute Gasteiger partial charge is 0.339 e. The molecule has 0 radical (unpaired) electrons. The molecule has 0 bridgehead atoms. The molecule has 49 heavy (non-hydrogen) atoms. The first-order valence-electron chi connectivity index (χ1n) is 15.7. The number of ketones is 3. The Hall–Kier alpha value is -5.08. The van der Waals surface area contributed by atoms with Crippen molar-refractivity contribution in [2.45, 2.75) is 50.9 Å². The topological polar surface area (TPSA) is 239 Å². The molecule has 13 nitrogen and oxygen atoms in total. The molecule has 0 aliphatic carbocycles. The number of amides is 2. The van der Waals surface area contributed by atoms with Crippen LogP contribution >= 0.6 is 0 Å². The predicted molar refractivity (Wildman–Crippen MR) is 181 cm³/mol. The highest BCUT2D eigenvalue weighted by Gasteiger charge is 2.74. The summed E-state index contributed by atoms with van der Waals surface area (Å²) in [6.07, 6.45) is -0.615. The quantitative estimate of drug-likeness (QED) is 0.0876. The van der Waals surface area contributed by atoms with Crippen molar-refractivity contribution >= 4 is 35.6 Å². The van der Waals surface area contributed by atoms with Crippen LogP contribution < -0.4 is 27.7 Å². The van der Waals surface area contributed by atoms with Gasteiger partial charge in [-0.2, -0.15) is 0 Å². The van der Waals surface area contributed by atoms with Crippen molar-refractivity contribution in [1.29, 1.82) is 0 Å². The lowest BCUT2D eigenvalue weighted by molar-refractivity contribution is -0.186. The van der Waals surface area contributed by atoms with Gasteiger partial charge in [-0.25, -0.2) is 4.79 Å². The van der Waals surface area contributed by atoms with Gasteiger partial charge in [0, 0.05) is 0 Å². The number of carboxylic acid groups (broad SMARTS) is 1. The Balaban J connectivity index is 2.10. The molecule has 0 spiro atoms. The third kappa shape index (κ3) is 7.65. The second-order valence-corrected chi connectivity index (χ2v) is 11.9. The van der Waals surface area contributed by atoms with Gasteiger partial charge in [-0.05, 0) is 47.6 Å². The van der Waals surface area contributed by atoms with Crippen LogP contribution in [0.4, 0.5) is 0 Å². The highest BCUT2D eigenvalue weighted by Crippen LogP contribution is 2.46.